The van der Waals surface area contributed by atoms with E-state index >= 15 is 0 Å². The van der Waals surface area contributed by atoms with E-state index in [4.69, 9.17) is 9.84 Å². The Kier molecular flexibility index (Phi) is 7.30. The summed E-state index contributed by atoms with van der Waals surface area (Å²) in [6.45, 7) is 2.21. The smallest absolute Gasteiger partial charge is 0.407 e. The van der Waals surface area contributed by atoms with Crippen LogP contribution < -0.4 is 10.6 Å². The molecule has 1 unspecified atom stereocenters. The zero-order valence-electron chi connectivity index (χ0n) is 19.3. The molecule has 2 atom stereocenters. The van der Waals surface area contributed by atoms with Gasteiger partial charge in [-0.3, -0.25) is 4.79 Å². The number of nitrogens with one attached hydrogen (secondary N) is 2. The molecule has 3 N–H and O–H groups in total. The lowest BCUT2D eigenvalue weighted by atomic mass is 9.98. The topological polar surface area (TPSA) is 105 Å². The number of benzene rings is 2. The third-order valence-electron chi connectivity index (χ3n) is 6.49. The van der Waals surface area contributed by atoms with E-state index in [1.165, 1.54) is 11.1 Å². The molecule has 0 radical (unpaired) electrons. The maximum Gasteiger partial charge on any atom is 0.407 e. The Morgan fingerprint density at radius 3 is 2.29 bits per heavy atom. The number of alkyl carbamates (subject to hydrolysis) is 1. The largest absolute Gasteiger partial charge is 0.478 e. The number of amides is 2. The fourth-order valence-corrected chi connectivity index (χ4v) is 4.89. The predicted molar refractivity (Wildman–Crippen MR) is 128 cm³/mol. The first-order chi connectivity index (χ1) is 16.5. The van der Waals surface area contributed by atoms with Crippen LogP contribution in [0.2, 0.25) is 0 Å². The molecule has 0 aromatic heterocycles. The van der Waals surface area contributed by atoms with Crippen LogP contribution in [0.3, 0.4) is 0 Å². The maximum atomic E-state index is 12.6. The van der Waals surface area contributed by atoms with Gasteiger partial charge in [-0.2, -0.15) is 0 Å². The summed E-state index contributed by atoms with van der Waals surface area (Å²) < 4.78 is 5.62. The van der Waals surface area contributed by atoms with Gasteiger partial charge in [-0.25, -0.2) is 9.59 Å². The van der Waals surface area contributed by atoms with Gasteiger partial charge in [0.25, 0.3) is 0 Å². The first-order valence-electron chi connectivity index (χ1n) is 11.8. The van der Waals surface area contributed by atoms with Crippen molar-refractivity contribution in [1.82, 2.24) is 10.6 Å². The van der Waals surface area contributed by atoms with Crippen molar-refractivity contribution in [2.24, 2.45) is 0 Å². The van der Waals surface area contributed by atoms with Crippen molar-refractivity contribution in [1.29, 1.82) is 0 Å². The monoisotopic (exact) mass is 462 g/mol. The molecule has 0 fully saturated rings. The molecule has 0 heterocycles. The zero-order valence-corrected chi connectivity index (χ0v) is 19.3. The van der Waals surface area contributed by atoms with Gasteiger partial charge in [0.05, 0.1) is 0 Å². The number of ether oxygens (including phenoxy) is 1. The first-order valence-corrected chi connectivity index (χ1v) is 11.8. The molecule has 0 aliphatic heterocycles. The van der Waals surface area contributed by atoms with Crippen LogP contribution in [0.4, 0.5) is 4.79 Å². The van der Waals surface area contributed by atoms with Crippen molar-refractivity contribution in [2.75, 3.05) is 6.61 Å². The summed E-state index contributed by atoms with van der Waals surface area (Å²) in [5.41, 5.74) is 4.95. The molecule has 7 heteroatoms. The van der Waals surface area contributed by atoms with Gasteiger partial charge in [-0.1, -0.05) is 68.0 Å². The lowest BCUT2D eigenvalue weighted by Crippen LogP contribution is -2.42. The van der Waals surface area contributed by atoms with E-state index in [1.54, 1.807) is 6.08 Å². The number of carbonyl (C=O) groups excluding carboxylic acids is 2. The molecule has 34 heavy (non-hydrogen) atoms. The molecule has 0 bridgehead atoms. The molecule has 4 rings (SSSR count). The van der Waals surface area contributed by atoms with Gasteiger partial charge in [-0.15, -0.1) is 0 Å². The molecule has 2 aromatic carbocycles. The second-order valence-corrected chi connectivity index (χ2v) is 8.90. The van der Waals surface area contributed by atoms with Gasteiger partial charge in [-0.05, 0) is 41.5 Å². The summed E-state index contributed by atoms with van der Waals surface area (Å²) >= 11 is 0. The second-order valence-electron chi connectivity index (χ2n) is 8.90. The van der Waals surface area contributed by atoms with Crippen molar-refractivity contribution < 1.29 is 24.2 Å². The lowest BCUT2D eigenvalue weighted by Gasteiger charge is -2.20. The van der Waals surface area contributed by atoms with E-state index in [2.05, 4.69) is 34.9 Å². The quantitative estimate of drug-likeness (QED) is 0.513. The number of hydrogen-bond donors (Lipinski definition) is 3. The highest BCUT2D eigenvalue weighted by atomic mass is 16.5. The van der Waals surface area contributed by atoms with Gasteiger partial charge in [0.15, 0.2) is 0 Å². The maximum absolute atomic E-state index is 12.6. The van der Waals surface area contributed by atoms with E-state index in [1.807, 2.05) is 31.2 Å². The average Bonchev–Trinajstić information content (AvgIpc) is 3.41. The van der Waals surface area contributed by atoms with Crippen LogP contribution in [-0.4, -0.2) is 41.8 Å². The molecule has 7 nitrogen and oxygen atoms in total. The Balaban J connectivity index is 1.31. The molecule has 0 saturated heterocycles. The van der Waals surface area contributed by atoms with Crippen molar-refractivity contribution in [3.05, 3.63) is 71.3 Å². The van der Waals surface area contributed by atoms with Gasteiger partial charge in [0.1, 0.15) is 6.61 Å². The highest BCUT2D eigenvalue weighted by Gasteiger charge is 2.29. The lowest BCUT2D eigenvalue weighted by molar-refractivity contribution is -0.133. The minimum atomic E-state index is -0.947. The van der Waals surface area contributed by atoms with E-state index in [-0.39, 0.29) is 36.9 Å². The second kappa shape index (κ2) is 10.5. The van der Waals surface area contributed by atoms with E-state index < -0.39 is 12.1 Å². The van der Waals surface area contributed by atoms with Crippen LogP contribution >= 0.6 is 0 Å². The number of carboxylic acid groups (broad SMARTS) is 1. The van der Waals surface area contributed by atoms with Crippen LogP contribution in [-0.2, 0) is 14.3 Å². The third-order valence-corrected chi connectivity index (χ3v) is 6.49. The Morgan fingerprint density at radius 1 is 1.06 bits per heavy atom. The van der Waals surface area contributed by atoms with Crippen LogP contribution in [0, 0.1) is 0 Å². The number of carboxylic acids is 1. The summed E-state index contributed by atoms with van der Waals surface area (Å²) in [7, 11) is 0. The molecule has 0 spiro atoms. The summed E-state index contributed by atoms with van der Waals surface area (Å²) in [6.07, 6.45) is 3.49. The van der Waals surface area contributed by atoms with Gasteiger partial charge in [0.2, 0.25) is 5.91 Å². The molecular formula is C27H30N2O5. The summed E-state index contributed by atoms with van der Waals surface area (Å²) in [6, 6.07) is 15.8. The minimum Gasteiger partial charge on any atom is -0.478 e. The SMILES string of the molecule is CCC[C@@H](CC(=O)NC1CC=C(C(=O)O)C1)NC(=O)OCC1c2ccccc2-c2ccccc21. The van der Waals surface area contributed by atoms with Crippen molar-refractivity contribution in [3.8, 4) is 11.1 Å². The van der Waals surface area contributed by atoms with E-state index in [0.29, 0.717) is 24.8 Å². The molecule has 178 valence electrons. The Morgan fingerprint density at radius 2 is 1.71 bits per heavy atom. The van der Waals surface area contributed by atoms with E-state index in [9.17, 15) is 14.4 Å². The molecule has 2 aliphatic rings. The number of rotatable bonds is 9. The van der Waals surface area contributed by atoms with Crippen LogP contribution in [0.25, 0.3) is 11.1 Å². The Labute approximate surface area is 199 Å². The van der Waals surface area contributed by atoms with Crippen LogP contribution in [0.5, 0.6) is 0 Å². The molecule has 2 aromatic rings. The molecule has 2 aliphatic carbocycles. The normalized spacial score (nSPS) is 17.3. The summed E-state index contributed by atoms with van der Waals surface area (Å²) in [5.74, 6) is -1.18. The fourth-order valence-electron chi connectivity index (χ4n) is 4.89. The molecule has 0 saturated carbocycles. The highest BCUT2D eigenvalue weighted by Crippen LogP contribution is 2.44. The first kappa shape index (κ1) is 23.5. The fraction of sp³-hybridized carbons (Fsp3) is 0.370. The number of hydrogen-bond acceptors (Lipinski definition) is 4. The van der Waals surface area contributed by atoms with Crippen LogP contribution in [0.1, 0.15) is 56.1 Å². The number of aliphatic carboxylic acids is 1. The van der Waals surface area contributed by atoms with Crippen LogP contribution in [0.15, 0.2) is 60.2 Å². The van der Waals surface area contributed by atoms with Crippen molar-refractivity contribution in [2.45, 2.75) is 57.0 Å². The van der Waals surface area contributed by atoms with Gasteiger partial charge >= 0.3 is 12.1 Å². The summed E-state index contributed by atoms with van der Waals surface area (Å²) in [5, 5.41) is 14.8. The Hall–Kier alpha value is -3.61. The average molecular weight is 463 g/mol. The third kappa shape index (κ3) is 5.30. The predicted octanol–water partition coefficient (Wildman–Crippen LogP) is 4.37. The van der Waals surface area contributed by atoms with Crippen molar-refractivity contribution >= 4 is 18.0 Å². The van der Waals surface area contributed by atoms with Gasteiger partial charge in [0, 0.05) is 30.0 Å². The minimum absolute atomic E-state index is 0.0237. The highest BCUT2D eigenvalue weighted by molar-refractivity contribution is 5.87. The zero-order chi connectivity index (χ0) is 24.1. The van der Waals surface area contributed by atoms with Gasteiger partial charge < -0.3 is 20.5 Å². The summed E-state index contributed by atoms with van der Waals surface area (Å²) in [4.78, 5) is 36.2. The molecular weight excluding hydrogens is 432 g/mol. The number of fused-ring (bicyclic) bond motifs is 3. The van der Waals surface area contributed by atoms with Crippen molar-refractivity contribution in [3.63, 3.8) is 0 Å². The standard InChI is InChI=1S/C27H30N2O5/c1-2-7-18(15-25(30)28-19-13-12-17(14-19)26(31)32)29-27(33)34-16-24-22-10-5-3-8-20(22)21-9-4-6-11-23(21)24/h3-6,8-12,18-19,24H,2,7,13-16H2,1H3,(H,28,30)(H,29,33)(H,31,32)/t18-,19?/m0/s1. The Bertz CT molecular complexity index is 1060. The number of carbonyl (C=O) groups is 3. The molecule has 2 amide bonds. The van der Waals surface area contributed by atoms with E-state index in [0.717, 1.165) is 17.5 Å².